The highest BCUT2D eigenvalue weighted by atomic mass is 32.1. The number of methoxy groups -OCH3 is 2. The summed E-state index contributed by atoms with van der Waals surface area (Å²) >= 11 is 1.26. The molecule has 1 aliphatic carbocycles. The molecule has 2 aliphatic rings. The van der Waals surface area contributed by atoms with Gasteiger partial charge >= 0.3 is 0 Å². The summed E-state index contributed by atoms with van der Waals surface area (Å²) in [6, 6.07) is 10.8. The van der Waals surface area contributed by atoms with Crippen LogP contribution in [0.1, 0.15) is 43.9 Å². The number of carbonyl (C=O) groups excluding carboxylic acids is 1. The number of halogens is 1. The minimum atomic E-state index is -0.653. The van der Waals surface area contributed by atoms with Crippen molar-refractivity contribution in [3.8, 4) is 11.5 Å². The summed E-state index contributed by atoms with van der Waals surface area (Å²) in [5.41, 5.74) is 2.10. The maximum absolute atomic E-state index is 13.7. The van der Waals surface area contributed by atoms with E-state index in [1.807, 2.05) is 26.0 Å². The average Bonchev–Trinajstić information content (AvgIpc) is 3.11. The summed E-state index contributed by atoms with van der Waals surface area (Å²) in [7, 11) is 3.11. The highest BCUT2D eigenvalue weighted by Crippen LogP contribution is 2.43. The molecule has 0 bridgehead atoms. The number of benzene rings is 2. The van der Waals surface area contributed by atoms with Crippen LogP contribution in [0, 0.1) is 11.2 Å². The van der Waals surface area contributed by atoms with E-state index in [0.717, 1.165) is 0 Å². The smallest absolute Gasteiger partial charge is 0.271 e. The molecule has 1 unspecified atom stereocenters. The van der Waals surface area contributed by atoms with Crippen molar-refractivity contribution in [1.82, 2.24) is 4.57 Å². The van der Waals surface area contributed by atoms with Gasteiger partial charge in [-0.2, -0.15) is 0 Å². The summed E-state index contributed by atoms with van der Waals surface area (Å²) < 4.78 is 26.7. The van der Waals surface area contributed by atoms with Gasteiger partial charge in [0.15, 0.2) is 22.1 Å². The van der Waals surface area contributed by atoms with Gasteiger partial charge < -0.3 is 9.47 Å². The number of carbonyl (C=O) groups is 1. The Balaban J connectivity index is 1.77. The molecule has 0 spiro atoms. The van der Waals surface area contributed by atoms with Crippen LogP contribution in [0.4, 0.5) is 4.39 Å². The molecule has 8 heteroatoms. The number of ketones is 1. The van der Waals surface area contributed by atoms with Gasteiger partial charge in [-0.05, 0) is 41.7 Å². The lowest BCUT2D eigenvalue weighted by atomic mass is 9.73. The molecule has 1 aromatic heterocycles. The average molecular weight is 493 g/mol. The van der Waals surface area contributed by atoms with Crippen molar-refractivity contribution >= 4 is 23.2 Å². The Hall–Kier alpha value is -3.52. The number of Topliss-reactive ketones (excluding diaryl/α,β-unsaturated/α-hetero) is 1. The number of aromatic nitrogens is 1. The van der Waals surface area contributed by atoms with Gasteiger partial charge in [0, 0.05) is 17.6 Å². The number of ether oxygens (including phenoxy) is 2. The lowest BCUT2D eigenvalue weighted by Gasteiger charge is -2.35. The van der Waals surface area contributed by atoms with Crippen LogP contribution in [0.15, 0.2) is 63.5 Å². The van der Waals surface area contributed by atoms with Gasteiger partial charge in [-0.25, -0.2) is 9.38 Å². The predicted molar refractivity (Wildman–Crippen MR) is 132 cm³/mol. The van der Waals surface area contributed by atoms with Gasteiger partial charge in [0.25, 0.3) is 5.56 Å². The summed E-state index contributed by atoms with van der Waals surface area (Å²) in [6.45, 7) is 4.09. The standard InChI is InChI=1S/C27H25FN2O4S/c1-27(2)13-18-22(19(31)14-27)23(15-8-10-17(28)11-9-15)30-25(32)21(35-26(30)29-18)12-16-6-5-7-20(33-3)24(16)34-4/h5-12,23H,13-14H2,1-4H3. The fraction of sp³-hybridized carbons (Fsp3) is 0.296. The van der Waals surface area contributed by atoms with Crippen molar-refractivity contribution in [3.63, 3.8) is 0 Å². The number of hydrogen-bond donors (Lipinski definition) is 0. The normalized spacial score (nSPS) is 19.2. The van der Waals surface area contributed by atoms with E-state index < -0.39 is 6.04 Å². The van der Waals surface area contributed by atoms with Crippen molar-refractivity contribution in [2.24, 2.45) is 10.4 Å². The van der Waals surface area contributed by atoms with Gasteiger partial charge in [0.1, 0.15) is 5.82 Å². The lowest BCUT2D eigenvalue weighted by Crippen LogP contribution is -2.42. The number of allylic oxidation sites excluding steroid dienone is 2. The molecule has 180 valence electrons. The Morgan fingerprint density at radius 1 is 1.09 bits per heavy atom. The van der Waals surface area contributed by atoms with Crippen LogP contribution < -0.4 is 24.4 Å². The molecular weight excluding hydrogens is 467 g/mol. The molecule has 0 fully saturated rings. The number of fused-ring (bicyclic) bond motifs is 1. The molecule has 0 saturated carbocycles. The van der Waals surface area contributed by atoms with Crippen molar-refractivity contribution in [2.75, 3.05) is 14.2 Å². The molecule has 0 saturated heterocycles. The zero-order valence-corrected chi connectivity index (χ0v) is 20.7. The largest absolute Gasteiger partial charge is 0.493 e. The molecule has 2 heterocycles. The Morgan fingerprint density at radius 2 is 1.83 bits per heavy atom. The van der Waals surface area contributed by atoms with Crippen LogP contribution in [-0.2, 0) is 4.79 Å². The minimum absolute atomic E-state index is 0.0296. The molecule has 5 rings (SSSR count). The fourth-order valence-electron chi connectivity index (χ4n) is 4.88. The Labute approximate surface area is 205 Å². The maximum atomic E-state index is 13.7. The van der Waals surface area contributed by atoms with Gasteiger partial charge in [-0.15, -0.1) is 0 Å². The molecule has 1 atom stereocenters. The highest BCUT2D eigenvalue weighted by Gasteiger charge is 2.40. The molecule has 35 heavy (non-hydrogen) atoms. The van der Waals surface area contributed by atoms with Crippen LogP contribution in [-0.4, -0.2) is 24.6 Å². The first-order valence-electron chi connectivity index (χ1n) is 11.3. The zero-order valence-electron chi connectivity index (χ0n) is 19.9. The topological polar surface area (TPSA) is 69.9 Å². The molecule has 0 radical (unpaired) electrons. The summed E-state index contributed by atoms with van der Waals surface area (Å²) in [6.07, 6.45) is 2.75. The first-order valence-corrected chi connectivity index (χ1v) is 12.1. The molecule has 0 amide bonds. The van der Waals surface area contributed by atoms with Gasteiger partial charge in [-0.3, -0.25) is 14.2 Å². The predicted octanol–water partition coefficient (Wildman–Crippen LogP) is 3.76. The summed E-state index contributed by atoms with van der Waals surface area (Å²) in [4.78, 5) is 32.4. The van der Waals surface area contributed by atoms with Crippen molar-refractivity contribution in [3.05, 3.63) is 90.4 Å². The van der Waals surface area contributed by atoms with E-state index in [1.54, 1.807) is 43.1 Å². The fourth-order valence-corrected chi connectivity index (χ4v) is 5.89. The number of hydrogen-bond acceptors (Lipinski definition) is 6. The first-order chi connectivity index (χ1) is 16.7. The molecule has 6 nitrogen and oxygen atoms in total. The monoisotopic (exact) mass is 492 g/mol. The third kappa shape index (κ3) is 4.01. The number of para-hydroxylation sites is 1. The van der Waals surface area contributed by atoms with E-state index >= 15 is 0 Å². The highest BCUT2D eigenvalue weighted by molar-refractivity contribution is 7.07. The SMILES string of the molecule is COc1cccc(C=c2sc3n(c2=O)C(c2ccc(F)cc2)C2=C(CC(C)(C)CC2=O)N=3)c1OC. The molecule has 0 N–H and O–H groups in total. The third-order valence-electron chi connectivity index (χ3n) is 6.40. The second-order valence-electron chi connectivity index (χ2n) is 9.52. The van der Waals surface area contributed by atoms with Gasteiger partial charge in [-0.1, -0.05) is 49.4 Å². The van der Waals surface area contributed by atoms with Crippen LogP contribution in [0.25, 0.3) is 6.08 Å². The van der Waals surface area contributed by atoms with E-state index in [2.05, 4.69) is 0 Å². The lowest BCUT2D eigenvalue weighted by molar-refractivity contribution is -0.118. The van der Waals surface area contributed by atoms with Crippen LogP contribution >= 0.6 is 11.3 Å². The quantitative estimate of drug-likeness (QED) is 0.556. The molecular formula is C27H25FN2O4S. The number of nitrogens with zero attached hydrogens (tertiary/aromatic N) is 2. The first kappa shape index (κ1) is 23.2. The summed E-state index contributed by atoms with van der Waals surface area (Å²) in [5, 5.41) is 0. The van der Waals surface area contributed by atoms with Gasteiger partial charge in [0.2, 0.25) is 0 Å². The van der Waals surface area contributed by atoms with Crippen LogP contribution in [0.2, 0.25) is 0 Å². The maximum Gasteiger partial charge on any atom is 0.271 e. The third-order valence-corrected chi connectivity index (χ3v) is 7.38. The Morgan fingerprint density at radius 3 is 2.51 bits per heavy atom. The number of rotatable bonds is 4. The minimum Gasteiger partial charge on any atom is -0.493 e. The van der Waals surface area contributed by atoms with Crippen LogP contribution in [0.5, 0.6) is 11.5 Å². The molecule has 2 aromatic carbocycles. The molecule has 3 aromatic rings. The number of thiazole rings is 1. The second-order valence-corrected chi connectivity index (χ2v) is 10.5. The van der Waals surface area contributed by atoms with Crippen molar-refractivity contribution < 1.29 is 18.7 Å². The van der Waals surface area contributed by atoms with Gasteiger partial charge in [0.05, 0.1) is 30.5 Å². The Bertz CT molecular complexity index is 1550. The van der Waals surface area contributed by atoms with E-state index in [0.29, 0.717) is 56.1 Å². The van der Waals surface area contributed by atoms with E-state index in [-0.39, 0.29) is 22.6 Å². The summed E-state index contributed by atoms with van der Waals surface area (Å²) in [5.74, 6) is 0.670. The van der Waals surface area contributed by atoms with Crippen molar-refractivity contribution in [2.45, 2.75) is 32.7 Å². The molecule has 1 aliphatic heterocycles. The van der Waals surface area contributed by atoms with E-state index in [9.17, 15) is 14.0 Å². The van der Waals surface area contributed by atoms with Crippen molar-refractivity contribution in [1.29, 1.82) is 0 Å². The Kier molecular flexibility index (Phi) is 5.71. The van der Waals surface area contributed by atoms with E-state index in [1.165, 1.54) is 23.5 Å². The zero-order chi connectivity index (χ0) is 24.9. The van der Waals surface area contributed by atoms with E-state index in [4.69, 9.17) is 14.5 Å². The second kappa shape index (κ2) is 8.61. The van der Waals surface area contributed by atoms with Crippen LogP contribution in [0.3, 0.4) is 0 Å².